The van der Waals surface area contributed by atoms with Crippen molar-refractivity contribution in [1.82, 2.24) is 10.4 Å². The third-order valence-corrected chi connectivity index (χ3v) is 4.88. The van der Waals surface area contributed by atoms with Gasteiger partial charge in [-0.15, -0.1) is 11.3 Å². The van der Waals surface area contributed by atoms with E-state index in [9.17, 15) is 18.7 Å². The van der Waals surface area contributed by atoms with E-state index in [2.05, 4.69) is 5.43 Å². The first-order valence-electron chi connectivity index (χ1n) is 6.85. The Labute approximate surface area is 125 Å². The van der Waals surface area contributed by atoms with Gasteiger partial charge in [0, 0.05) is 22.4 Å². The molecular weight excluding hydrogens is 298 g/mol. The van der Waals surface area contributed by atoms with Crippen molar-refractivity contribution in [3.63, 3.8) is 0 Å². The van der Waals surface area contributed by atoms with Crippen LogP contribution in [0.4, 0.5) is 8.78 Å². The van der Waals surface area contributed by atoms with Gasteiger partial charge < -0.3 is 5.11 Å². The van der Waals surface area contributed by atoms with Crippen molar-refractivity contribution in [2.24, 2.45) is 0 Å². The number of hydrogen-bond donors (Lipinski definition) is 2. The summed E-state index contributed by atoms with van der Waals surface area (Å²) in [5.41, 5.74) is 2.09. The molecule has 1 amide bonds. The Balaban J connectivity index is 1.91. The van der Waals surface area contributed by atoms with Gasteiger partial charge in [-0.1, -0.05) is 6.92 Å². The third kappa shape index (κ3) is 2.44. The summed E-state index contributed by atoms with van der Waals surface area (Å²) in [5, 5.41) is 12.6. The molecule has 4 nitrogen and oxygen atoms in total. The van der Waals surface area contributed by atoms with Crippen molar-refractivity contribution in [1.29, 1.82) is 0 Å². The molecule has 1 atom stereocenters. The maximum absolute atomic E-state index is 13.3. The molecule has 1 aromatic heterocycles. The van der Waals surface area contributed by atoms with Crippen LogP contribution < -0.4 is 5.43 Å². The van der Waals surface area contributed by atoms with Gasteiger partial charge in [0.2, 0.25) is 5.72 Å². The van der Waals surface area contributed by atoms with Gasteiger partial charge in [0.15, 0.2) is 0 Å². The number of halogens is 2. The zero-order chi connectivity index (χ0) is 15.2. The van der Waals surface area contributed by atoms with Crippen LogP contribution in [0.1, 0.15) is 41.4 Å². The first kappa shape index (κ1) is 14.5. The average molecular weight is 314 g/mol. The molecule has 2 aliphatic rings. The van der Waals surface area contributed by atoms with Gasteiger partial charge in [-0.25, -0.2) is 13.8 Å². The lowest BCUT2D eigenvalue weighted by molar-refractivity contribution is -0.168. The summed E-state index contributed by atoms with van der Waals surface area (Å²) in [4.78, 5) is 13.4. The van der Waals surface area contributed by atoms with Gasteiger partial charge in [-0.3, -0.25) is 10.2 Å². The predicted molar refractivity (Wildman–Crippen MR) is 74.8 cm³/mol. The fraction of sp³-hybridized carbons (Fsp3) is 0.500. The molecule has 7 heteroatoms. The molecule has 0 aromatic carbocycles. The lowest BCUT2D eigenvalue weighted by Crippen LogP contribution is -2.55. The number of allylic oxidation sites excluding steroid dienone is 1. The number of aryl methyl sites for hydroxylation is 1. The van der Waals surface area contributed by atoms with Gasteiger partial charge in [0.05, 0.1) is 5.56 Å². The maximum Gasteiger partial charge on any atom is 0.287 e. The fourth-order valence-electron chi connectivity index (χ4n) is 2.39. The summed E-state index contributed by atoms with van der Waals surface area (Å²) in [7, 11) is 0. The van der Waals surface area contributed by atoms with Gasteiger partial charge in [-0.05, 0) is 30.9 Å². The summed E-state index contributed by atoms with van der Waals surface area (Å²) < 4.78 is 26.5. The molecule has 3 rings (SSSR count). The molecule has 2 N–H and O–H groups in total. The molecule has 2 heterocycles. The minimum Gasteiger partial charge on any atom is -0.364 e. The highest BCUT2D eigenvalue weighted by atomic mass is 32.1. The number of carbonyl (C=O) groups excluding carboxylic acids is 1. The number of amides is 1. The summed E-state index contributed by atoms with van der Waals surface area (Å²) in [6, 6.07) is 1.68. The molecule has 0 radical (unpaired) electrons. The van der Waals surface area contributed by atoms with Crippen LogP contribution in [0.2, 0.25) is 0 Å². The lowest BCUT2D eigenvalue weighted by Gasteiger charge is -2.30. The van der Waals surface area contributed by atoms with E-state index in [-0.39, 0.29) is 6.42 Å². The number of thiophene rings is 1. The standard InChI is InChI=1S/C14H16F2N2O2S/c1-2-10-5-9(7-21-10)12(19)18-14(20,13(15)16)6-11(17-18)8-3-4-8/h5,7,13,17,20H,2-4,6H2,1H3. The highest BCUT2D eigenvalue weighted by molar-refractivity contribution is 7.10. The molecule has 2 fully saturated rings. The molecule has 1 unspecified atom stereocenters. The number of alkyl halides is 2. The number of nitrogens with zero attached hydrogens (tertiary/aromatic N) is 1. The van der Waals surface area contributed by atoms with E-state index in [0.29, 0.717) is 16.3 Å². The number of rotatable bonds is 3. The first-order chi connectivity index (χ1) is 9.95. The Kier molecular flexibility index (Phi) is 3.49. The van der Waals surface area contributed by atoms with Gasteiger partial charge >= 0.3 is 0 Å². The Bertz CT molecular complexity index is 608. The highest BCUT2D eigenvalue weighted by Gasteiger charge is 2.53. The second kappa shape index (κ2) is 5.06. The molecule has 1 saturated heterocycles. The number of hydrazine groups is 1. The molecular formula is C14H16F2N2O2S. The van der Waals surface area contributed by atoms with E-state index in [1.807, 2.05) is 6.92 Å². The van der Waals surface area contributed by atoms with E-state index in [0.717, 1.165) is 29.7 Å². The zero-order valence-corrected chi connectivity index (χ0v) is 12.3. The molecule has 21 heavy (non-hydrogen) atoms. The van der Waals surface area contributed by atoms with Crippen molar-refractivity contribution in [3.05, 3.63) is 33.2 Å². The van der Waals surface area contributed by atoms with Crippen LogP contribution in [0.3, 0.4) is 0 Å². The number of aliphatic hydroxyl groups is 1. The van der Waals surface area contributed by atoms with Gasteiger partial charge in [0.1, 0.15) is 0 Å². The van der Waals surface area contributed by atoms with Gasteiger partial charge in [0.25, 0.3) is 12.3 Å². The molecule has 1 aliphatic heterocycles. The number of carbonyl (C=O) groups is 1. The van der Waals surface area contributed by atoms with Crippen LogP contribution in [0.5, 0.6) is 0 Å². The molecule has 1 aliphatic carbocycles. The third-order valence-electron chi connectivity index (χ3n) is 3.80. The summed E-state index contributed by atoms with van der Waals surface area (Å²) >= 11 is 1.41. The van der Waals surface area contributed by atoms with Crippen LogP contribution >= 0.6 is 11.3 Å². The van der Waals surface area contributed by atoms with Gasteiger partial charge in [-0.2, -0.15) is 0 Å². The fourth-order valence-corrected chi connectivity index (χ4v) is 3.20. The zero-order valence-electron chi connectivity index (χ0n) is 11.5. The van der Waals surface area contributed by atoms with E-state index in [1.54, 1.807) is 11.4 Å². The average Bonchev–Trinajstić information content (AvgIpc) is 3.08. The van der Waals surface area contributed by atoms with Crippen molar-refractivity contribution >= 4 is 17.2 Å². The van der Waals surface area contributed by atoms with E-state index < -0.39 is 18.1 Å². The Morgan fingerprint density at radius 1 is 1.57 bits per heavy atom. The molecule has 0 spiro atoms. The van der Waals surface area contributed by atoms with E-state index in [1.165, 1.54) is 11.3 Å². The van der Waals surface area contributed by atoms with Crippen molar-refractivity contribution in [2.75, 3.05) is 0 Å². The topological polar surface area (TPSA) is 52.6 Å². The second-order valence-electron chi connectivity index (χ2n) is 5.35. The van der Waals surface area contributed by atoms with Crippen LogP contribution in [0, 0.1) is 0 Å². The second-order valence-corrected chi connectivity index (χ2v) is 6.34. The van der Waals surface area contributed by atoms with Crippen LogP contribution in [0.15, 0.2) is 22.7 Å². The molecule has 1 saturated carbocycles. The first-order valence-corrected chi connectivity index (χ1v) is 7.73. The minimum atomic E-state index is -3.03. The monoisotopic (exact) mass is 314 g/mol. The molecule has 0 bridgehead atoms. The minimum absolute atomic E-state index is 0.240. The van der Waals surface area contributed by atoms with Crippen molar-refractivity contribution in [2.45, 2.75) is 44.8 Å². The van der Waals surface area contributed by atoms with Crippen LogP contribution in [-0.2, 0) is 6.42 Å². The van der Waals surface area contributed by atoms with Crippen molar-refractivity contribution in [3.8, 4) is 0 Å². The number of nitrogens with one attached hydrogen (secondary N) is 1. The predicted octanol–water partition coefficient (Wildman–Crippen LogP) is 2.66. The summed E-state index contributed by atoms with van der Waals surface area (Å²) in [6.45, 7) is 1.96. The Morgan fingerprint density at radius 3 is 2.81 bits per heavy atom. The van der Waals surface area contributed by atoms with Crippen LogP contribution in [0.25, 0.3) is 0 Å². The lowest BCUT2D eigenvalue weighted by atomic mass is 10.1. The van der Waals surface area contributed by atoms with Crippen LogP contribution in [-0.4, -0.2) is 28.2 Å². The van der Waals surface area contributed by atoms with Crippen molar-refractivity contribution < 1.29 is 18.7 Å². The summed E-state index contributed by atoms with van der Waals surface area (Å²) in [6.07, 6.45) is -0.823. The molecule has 114 valence electrons. The highest BCUT2D eigenvalue weighted by Crippen LogP contribution is 2.41. The Morgan fingerprint density at radius 2 is 2.29 bits per heavy atom. The quantitative estimate of drug-likeness (QED) is 0.902. The summed E-state index contributed by atoms with van der Waals surface area (Å²) in [5.74, 6) is -0.620. The SMILES string of the molecule is CCc1cc(C(=O)N2NC(=C3CC3)CC2(O)C(F)F)cs1. The smallest absolute Gasteiger partial charge is 0.287 e. The van der Waals surface area contributed by atoms with E-state index in [4.69, 9.17) is 0 Å². The largest absolute Gasteiger partial charge is 0.364 e. The maximum atomic E-state index is 13.3. The Hall–Kier alpha value is -1.47. The van der Waals surface area contributed by atoms with E-state index >= 15 is 0 Å². The molecule has 1 aromatic rings. The number of hydrogen-bond acceptors (Lipinski definition) is 4. The normalized spacial score (nSPS) is 24.7.